The fourth-order valence-electron chi connectivity index (χ4n) is 4.01. The molecule has 0 aromatic heterocycles. The normalized spacial score (nSPS) is 17.0. The van der Waals surface area contributed by atoms with E-state index < -0.39 is 0 Å². The molecule has 0 spiro atoms. The Kier molecular flexibility index (Phi) is 4.69. The average Bonchev–Trinajstić information content (AvgIpc) is 2.71. The lowest BCUT2D eigenvalue weighted by molar-refractivity contribution is -0.129. The lowest BCUT2D eigenvalue weighted by Crippen LogP contribution is -2.38. The highest BCUT2D eigenvalue weighted by atomic mass is 16.5. The van der Waals surface area contributed by atoms with E-state index in [4.69, 9.17) is 5.21 Å². The van der Waals surface area contributed by atoms with Crippen LogP contribution < -0.4 is 5.48 Å². The van der Waals surface area contributed by atoms with E-state index in [0.29, 0.717) is 6.54 Å². The van der Waals surface area contributed by atoms with E-state index in [1.54, 1.807) is 5.48 Å². The Bertz CT molecular complexity index is 933. The van der Waals surface area contributed by atoms with E-state index in [1.807, 2.05) is 0 Å². The van der Waals surface area contributed by atoms with Gasteiger partial charge in [0.05, 0.1) is 6.04 Å². The Morgan fingerprint density at radius 2 is 1.73 bits per heavy atom. The highest BCUT2D eigenvalue weighted by molar-refractivity contribution is 5.86. The number of fused-ring (bicyclic) bond motifs is 2. The van der Waals surface area contributed by atoms with Crippen molar-refractivity contribution in [2.24, 2.45) is 0 Å². The van der Waals surface area contributed by atoms with Gasteiger partial charge in [-0.1, -0.05) is 66.7 Å². The number of nitrogens with zero attached hydrogens (tertiary/aromatic N) is 1. The third-order valence-electron chi connectivity index (χ3n) is 5.25. The standard InChI is InChI=1S/C22H22N2O2/c25-21(23-26)13-15-24-14-12-17-7-2-4-10-19(17)22(24)20-11-5-8-16-6-1-3-9-18(16)20/h1-11,22,26H,12-15H2,(H,23,25). The number of hydrogen-bond acceptors (Lipinski definition) is 3. The Morgan fingerprint density at radius 1 is 1.00 bits per heavy atom. The summed E-state index contributed by atoms with van der Waals surface area (Å²) in [5.41, 5.74) is 5.68. The van der Waals surface area contributed by atoms with E-state index in [2.05, 4.69) is 71.6 Å². The van der Waals surface area contributed by atoms with Crippen LogP contribution >= 0.6 is 0 Å². The van der Waals surface area contributed by atoms with Gasteiger partial charge < -0.3 is 0 Å². The smallest absolute Gasteiger partial charge is 0.244 e. The maximum absolute atomic E-state index is 11.6. The molecule has 1 atom stereocenters. The van der Waals surface area contributed by atoms with Gasteiger partial charge in [0, 0.05) is 19.5 Å². The molecule has 4 heteroatoms. The third kappa shape index (κ3) is 3.09. The topological polar surface area (TPSA) is 52.6 Å². The van der Waals surface area contributed by atoms with Crippen molar-refractivity contribution in [2.45, 2.75) is 18.9 Å². The van der Waals surface area contributed by atoms with Gasteiger partial charge in [-0.25, -0.2) is 5.48 Å². The number of rotatable bonds is 4. The van der Waals surface area contributed by atoms with Gasteiger partial charge in [0.2, 0.25) is 5.91 Å². The number of nitrogens with one attached hydrogen (secondary N) is 1. The quantitative estimate of drug-likeness (QED) is 0.560. The van der Waals surface area contributed by atoms with Crippen molar-refractivity contribution in [2.75, 3.05) is 13.1 Å². The molecule has 0 bridgehead atoms. The Hall–Kier alpha value is -2.69. The molecule has 1 aliphatic rings. The second kappa shape index (κ2) is 7.28. The molecular weight excluding hydrogens is 324 g/mol. The molecule has 0 saturated carbocycles. The molecule has 132 valence electrons. The van der Waals surface area contributed by atoms with Crippen molar-refractivity contribution in [1.82, 2.24) is 10.4 Å². The van der Waals surface area contributed by atoms with Gasteiger partial charge in [0.25, 0.3) is 0 Å². The number of hydrogen-bond donors (Lipinski definition) is 2. The van der Waals surface area contributed by atoms with E-state index in [-0.39, 0.29) is 18.4 Å². The largest absolute Gasteiger partial charge is 0.291 e. The molecule has 0 radical (unpaired) electrons. The molecule has 0 fully saturated rings. The van der Waals surface area contributed by atoms with Crippen molar-refractivity contribution in [3.8, 4) is 0 Å². The van der Waals surface area contributed by atoms with Crippen molar-refractivity contribution in [3.05, 3.63) is 83.4 Å². The fourth-order valence-corrected chi connectivity index (χ4v) is 4.01. The molecule has 1 amide bonds. The van der Waals surface area contributed by atoms with Gasteiger partial charge in [0.15, 0.2) is 0 Å². The van der Waals surface area contributed by atoms with Crippen LogP contribution in [0, 0.1) is 0 Å². The second-order valence-corrected chi connectivity index (χ2v) is 6.74. The van der Waals surface area contributed by atoms with Crippen LogP contribution in [-0.4, -0.2) is 29.1 Å². The van der Waals surface area contributed by atoms with Crippen LogP contribution in [0.3, 0.4) is 0 Å². The van der Waals surface area contributed by atoms with Gasteiger partial charge in [-0.05, 0) is 33.9 Å². The molecule has 4 rings (SSSR count). The molecule has 1 aliphatic heterocycles. The first-order valence-corrected chi connectivity index (χ1v) is 9.00. The first-order valence-electron chi connectivity index (χ1n) is 9.00. The Labute approximate surface area is 153 Å². The van der Waals surface area contributed by atoms with Crippen LogP contribution in [0.15, 0.2) is 66.7 Å². The monoisotopic (exact) mass is 346 g/mol. The fraction of sp³-hybridized carbons (Fsp3) is 0.227. The molecular formula is C22H22N2O2. The summed E-state index contributed by atoms with van der Waals surface area (Å²) in [6.07, 6.45) is 1.25. The van der Waals surface area contributed by atoms with Crippen molar-refractivity contribution in [1.29, 1.82) is 0 Å². The third-order valence-corrected chi connectivity index (χ3v) is 5.25. The van der Waals surface area contributed by atoms with Crippen molar-refractivity contribution < 1.29 is 10.0 Å². The zero-order chi connectivity index (χ0) is 17.9. The molecule has 0 aliphatic carbocycles. The summed E-state index contributed by atoms with van der Waals surface area (Å²) in [6, 6.07) is 23.5. The Morgan fingerprint density at radius 3 is 2.62 bits per heavy atom. The summed E-state index contributed by atoms with van der Waals surface area (Å²) in [5.74, 6) is -0.347. The van der Waals surface area contributed by atoms with E-state index >= 15 is 0 Å². The predicted octanol–water partition coefficient (Wildman–Crippen LogP) is 3.68. The zero-order valence-electron chi connectivity index (χ0n) is 14.6. The van der Waals surface area contributed by atoms with Gasteiger partial charge in [-0.15, -0.1) is 0 Å². The summed E-state index contributed by atoms with van der Waals surface area (Å²) >= 11 is 0. The average molecular weight is 346 g/mol. The van der Waals surface area contributed by atoms with Gasteiger partial charge in [0.1, 0.15) is 0 Å². The lowest BCUT2D eigenvalue weighted by Gasteiger charge is -2.38. The second-order valence-electron chi connectivity index (χ2n) is 6.74. The summed E-state index contributed by atoms with van der Waals surface area (Å²) in [7, 11) is 0. The minimum atomic E-state index is -0.347. The van der Waals surface area contributed by atoms with E-state index in [1.165, 1.54) is 27.5 Å². The molecule has 0 saturated heterocycles. The van der Waals surface area contributed by atoms with Crippen LogP contribution in [-0.2, 0) is 11.2 Å². The lowest BCUT2D eigenvalue weighted by atomic mass is 9.86. The number of benzene rings is 3. The number of carbonyl (C=O) groups excluding carboxylic acids is 1. The first kappa shape index (κ1) is 16.8. The zero-order valence-corrected chi connectivity index (χ0v) is 14.6. The molecule has 1 heterocycles. The van der Waals surface area contributed by atoms with Crippen molar-refractivity contribution in [3.63, 3.8) is 0 Å². The number of amides is 1. The molecule has 1 unspecified atom stereocenters. The Balaban J connectivity index is 1.80. The minimum absolute atomic E-state index is 0.109. The van der Waals surface area contributed by atoms with Crippen LogP contribution in [0.2, 0.25) is 0 Å². The molecule has 4 nitrogen and oxygen atoms in total. The van der Waals surface area contributed by atoms with E-state index in [9.17, 15) is 4.79 Å². The summed E-state index contributed by atoms with van der Waals surface area (Å²) < 4.78 is 0. The summed E-state index contributed by atoms with van der Waals surface area (Å²) in [4.78, 5) is 13.9. The number of carbonyl (C=O) groups is 1. The van der Waals surface area contributed by atoms with Crippen LogP contribution in [0.1, 0.15) is 29.2 Å². The van der Waals surface area contributed by atoms with Crippen LogP contribution in [0.25, 0.3) is 10.8 Å². The minimum Gasteiger partial charge on any atom is -0.291 e. The summed E-state index contributed by atoms with van der Waals surface area (Å²) in [5, 5.41) is 11.3. The molecule has 2 N–H and O–H groups in total. The SMILES string of the molecule is O=C(CCN1CCc2ccccc2C1c1cccc2ccccc12)NO. The highest BCUT2D eigenvalue weighted by Crippen LogP contribution is 2.38. The maximum atomic E-state index is 11.6. The van der Waals surface area contributed by atoms with Crippen LogP contribution in [0.4, 0.5) is 0 Å². The predicted molar refractivity (Wildman–Crippen MR) is 102 cm³/mol. The van der Waals surface area contributed by atoms with Crippen molar-refractivity contribution >= 4 is 16.7 Å². The highest BCUT2D eigenvalue weighted by Gasteiger charge is 2.29. The molecule has 3 aromatic carbocycles. The summed E-state index contributed by atoms with van der Waals surface area (Å²) in [6.45, 7) is 1.50. The number of hydroxylamine groups is 1. The van der Waals surface area contributed by atoms with Gasteiger partial charge in [-0.3, -0.25) is 14.9 Å². The molecule has 3 aromatic rings. The molecule has 26 heavy (non-hydrogen) atoms. The van der Waals surface area contributed by atoms with Gasteiger partial charge >= 0.3 is 0 Å². The van der Waals surface area contributed by atoms with Gasteiger partial charge in [-0.2, -0.15) is 0 Å². The first-order chi connectivity index (χ1) is 12.8. The van der Waals surface area contributed by atoms with E-state index in [0.717, 1.165) is 13.0 Å². The van der Waals surface area contributed by atoms with Crippen LogP contribution in [0.5, 0.6) is 0 Å². The maximum Gasteiger partial charge on any atom is 0.244 e.